The highest BCUT2D eigenvalue weighted by atomic mass is 28.3. The van der Waals surface area contributed by atoms with E-state index in [4.69, 9.17) is 4.74 Å². The molecule has 0 fully saturated rings. The van der Waals surface area contributed by atoms with Crippen molar-refractivity contribution >= 4 is 8.07 Å². The Morgan fingerprint density at radius 3 is 2.52 bits per heavy atom. The molecule has 0 saturated heterocycles. The van der Waals surface area contributed by atoms with Crippen LogP contribution in [0.3, 0.4) is 0 Å². The smallest absolute Gasteiger partial charge is 0.360 e. The van der Waals surface area contributed by atoms with Gasteiger partial charge in [0.05, 0.1) is 5.69 Å². The number of rotatable bonds is 6. The number of alkyl halides is 3. The van der Waals surface area contributed by atoms with Crippen molar-refractivity contribution in [3.63, 3.8) is 0 Å². The minimum Gasteiger partial charge on any atom is -0.360 e. The summed E-state index contributed by atoms with van der Waals surface area (Å²) in [6, 6.07) is 6.46. The van der Waals surface area contributed by atoms with Crippen molar-refractivity contribution in [1.29, 1.82) is 0 Å². The topological polar surface area (TPSA) is 39.9 Å². The molecule has 0 aliphatic carbocycles. The second kappa shape index (κ2) is 6.84. The van der Waals surface area contributed by atoms with Crippen LogP contribution < -0.4 is 0 Å². The zero-order chi connectivity index (χ0) is 17.1. The molecule has 0 radical (unpaired) electrons. The van der Waals surface area contributed by atoms with E-state index >= 15 is 0 Å². The molecule has 0 saturated carbocycles. The molecular weight excluding hydrogens is 323 g/mol. The first kappa shape index (κ1) is 17.7. The summed E-state index contributed by atoms with van der Waals surface area (Å²) >= 11 is 0. The molecule has 23 heavy (non-hydrogen) atoms. The van der Waals surface area contributed by atoms with Crippen LogP contribution in [0.2, 0.25) is 25.7 Å². The van der Waals surface area contributed by atoms with Crippen molar-refractivity contribution in [3.8, 4) is 11.4 Å². The zero-order valence-corrected chi connectivity index (χ0v) is 14.4. The highest BCUT2D eigenvalue weighted by molar-refractivity contribution is 6.76. The van der Waals surface area contributed by atoms with Crippen LogP contribution in [0.5, 0.6) is 0 Å². The summed E-state index contributed by atoms with van der Waals surface area (Å²) in [5.74, 6) is 0. The summed E-state index contributed by atoms with van der Waals surface area (Å²) in [7, 11) is -1.14. The average molecular weight is 343 g/mol. The fraction of sp³-hybridized carbons (Fsp3) is 0.467. The fourth-order valence-corrected chi connectivity index (χ4v) is 2.60. The fourth-order valence-electron chi connectivity index (χ4n) is 1.84. The van der Waals surface area contributed by atoms with Gasteiger partial charge >= 0.3 is 6.18 Å². The highest BCUT2D eigenvalue weighted by Crippen LogP contribution is 2.28. The molecule has 0 atom stereocenters. The lowest BCUT2D eigenvalue weighted by molar-refractivity contribution is -0.141. The molecule has 0 aliphatic heterocycles. The molecule has 8 heteroatoms. The lowest BCUT2D eigenvalue weighted by Crippen LogP contribution is -2.22. The van der Waals surface area contributed by atoms with Gasteiger partial charge < -0.3 is 4.74 Å². The van der Waals surface area contributed by atoms with Crippen LogP contribution in [-0.4, -0.2) is 29.4 Å². The highest BCUT2D eigenvalue weighted by Gasteiger charge is 2.32. The molecule has 0 amide bonds. The van der Waals surface area contributed by atoms with E-state index in [1.807, 2.05) is 0 Å². The number of aromatic nitrogens is 3. The second-order valence-corrected chi connectivity index (χ2v) is 12.1. The molecule has 0 unspecified atom stereocenters. The van der Waals surface area contributed by atoms with E-state index in [-0.39, 0.29) is 12.4 Å². The van der Waals surface area contributed by atoms with Crippen LogP contribution in [0.15, 0.2) is 30.5 Å². The molecule has 2 rings (SSSR count). The Kier molecular flexibility index (Phi) is 5.25. The molecule has 126 valence electrons. The zero-order valence-electron chi connectivity index (χ0n) is 13.4. The van der Waals surface area contributed by atoms with Gasteiger partial charge in [0.1, 0.15) is 18.1 Å². The quantitative estimate of drug-likeness (QED) is 0.581. The third-order valence-electron chi connectivity index (χ3n) is 3.16. The molecule has 0 N–H and O–H groups in total. The van der Waals surface area contributed by atoms with Gasteiger partial charge in [-0.25, -0.2) is 9.67 Å². The van der Waals surface area contributed by atoms with E-state index in [1.54, 1.807) is 16.9 Å². The first-order valence-corrected chi connectivity index (χ1v) is 11.0. The minimum atomic E-state index is -4.46. The minimum absolute atomic E-state index is 0.195. The monoisotopic (exact) mass is 343 g/mol. The van der Waals surface area contributed by atoms with E-state index < -0.39 is 19.9 Å². The van der Waals surface area contributed by atoms with Gasteiger partial charge in [-0.05, 0) is 24.2 Å². The lowest BCUT2D eigenvalue weighted by atomic mass is 10.2. The summed E-state index contributed by atoms with van der Waals surface area (Å²) in [4.78, 5) is 3.62. The number of hydrogen-bond acceptors (Lipinski definition) is 3. The van der Waals surface area contributed by atoms with Gasteiger partial charge in [-0.3, -0.25) is 0 Å². The van der Waals surface area contributed by atoms with E-state index in [9.17, 15) is 13.2 Å². The molecule has 2 heterocycles. The van der Waals surface area contributed by atoms with Gasteiger partial charge in [0.15, 0.2) is 0 Å². The Labute approximate surface area is 134 Å². The van der Waals surface area contributed by atoms with Crippen LogP contribution >= 0.6 is 0 Å². The third kappa shape index (κ3) is 5.47. The number of hydrogen-bond donors (Lipinski definition) is 0. The predicted octanol–water partition coefficient (Wildman–Crippen LogP) is 4.28. The van der Waals surface area contributed by atoms with Crippen LogP contribution in [0.4, 0.5) is 13.2 Å². The summed E-state index contributed by atoms with van der Waals surface area (Å²) in [5.41, 5.74) is -0.332. The van der Waals surface area contributed by atoms with Crippen molar-refractivity contribution in [2.75, 3.05) is 6.61 Å². The van der Waals surface area contributed by atoms with Gasteiger partial charge in [-0.1, -0.05) is 25.7 Å². The Morgan fingerprint density at radius 2 is 1.87 bits per heavy atom. The van der Waals surface area contributed by atoms with Gasteiger partial charge in [0.25, 0.3) is 0 Å². The maximum atomic E-state index is 12.7. The van der Waals surface area contributed by atoms with Gasteiger partial charge in [0.2, 0.25) is 0 Å². The maximum Gasteiger partial charge on any atom is 0.433 e. The summed E-state index contributed by atoms with van der Waals surface area (Å²) < 4.78 is 45.2. The van der Waals surface area contributed by atoms with Crippen molar-refractivity contribution < 1.29 is 17.9 Å². The van der Waals surface area contributed by atoms with Crippen LogP contribution in [0, 0.1) is 0 Å². The van der Waals surface area contributed by atoms with Crippen molar-refractivity contribution in [2.24, 2.45) is 0 Å². The van der Waals surface area contributed by atoms with Crippen LogP contribution in [-0.2, 0) is 17.6 Å². The molecule has 0 spiro atoms. The van der Waals surface area contributed by atoms with Crippen LogP contribution in [0.25, 0.3) is 11.4 Å². The van der Waals surface area contributed by atoms with Crippen molar-refractivity contribution in [3.05, 3.63) is 36.2 Å². The summed E-state index contributed by atoms with van der Waals surface area (Å²) in [6.45, 7) is 7.74. The van der Waals surface area contributed by atoms with Gasteiger partial charge in [-0.15, -0.1) is 0 Å². The Hall–Kier alpha value is -1.67. The normalized spacial score (nSPS) is 12.6. The number of halogens is 3. The summed E-state index contributed by atoms with van der Waals surface area (Å²) in [5, 5.41) is 4.21. The number of nitrogens with zero attached hydrogens (tertiary/aromatic N) is 3. The molecule has 0 aliphatic rings. The first-order chi connectivity index (χ1) is 10.6. The van der Waals surface area contributed by atoms with E-state index in [0.29, 0.717) is 12.3 Å². The largest absolute Gasteiger partial charge is 0.433 e. The second-order valence-electron chi connectivity index (χ2n) is 6.49. The van der Waals surface area contributed by atoms with Gasteiger partial charge in [-0.2, -0.15) is 18.3 Å². The standard InChI is InChI=1S/C15H20F3N3OSi/c1-23(2,3)10-9-22-11-21-8-7-13(20-21)12-5-4-6-14(19-12)15(16,17)18/h4-8H,9-11H2,1-3H3. The van der Waals surface area contributed by atoms with Gasteiger partial charge in [0, 0.05) is 20.9 Å². The average Bonchev–Trinajstić information content (AvgIpc) is 2.91. The Bertz CT molecular complexity index is 650. The molecule has 0 aromatic carbocycles. The van der Waals surface area contributed by atoms with Crippen molar-refractivity contribution in [2.45, 2.75) is 38.6 Å². The molecular formula is C15H20F3N3OSi. The number of ether oxygens (including phenoxy) is 1. The maximum absolute atomic E-state index is 12.7. The first-order valence-electron chi connectivity index (χ1n) is 7.31. The van der Waals surface area contributed by atoms with Crippen molar-refractivity contribution in [1.82, 2.24) is 14.8 Å². The third-order valence-corrected chi connectivity index (χ3v) is 4.87. The van der Waals surface area contributed by atoms with Crippen LogP contribution in [0.1, 0.15) is 5.69 Å². The number of pyridine rings is 1. The van der Waals surface area contributed by atoms with E-state index in [1.165, 1.54) is 12.1 Å². The molecule has 2 aromatic rings. The van der Waals surface area contributed by atoms with E-state index in [2.05, 4.69) is 29.7 Å². The predicted molar refractivity (Wildman–Crippen MR) is 84.6 cm³/mol. The van der Waals surface area contributed by atoms with E-state index in [0.717, 1.165) is 12.1 Å². The lowest BCUT2D eigenvalue weighted by Gasteiger charge is -2.15. The SMILES string of the molecule is C[Si](C)(C)CCOCn1ccc(-c2cccc(C(F)(F)F)n2)n1. The molecule has 4 nitrogen and oxygen atoms in total. The summed E-state index contributed by atoms with van der Waals surface area (Å²) in [6.07, 6.45) is -2.79. The molecule has 2 aromatic heterocycles. The Balaban J connectivity index is 1.99. The molecule has 0 bridgehead atoms. The Morgan fingerprint density at radius 1 is 1.13 bits per heavy atom.